The number of alkyl halides is 1. The zero-order valence-electron chi connectivity index (χ0n) is 15.9. The van der Waals surface area contributed by atoms with E-state index in [1.165, 1.54) is 12.1 Å². The number of imidazole rings is 1. The molecule has 1 amide bonds. The number of carbonyl (C=O) groups is 1. The van der Waals surface area contributed by atoms with Gasteiger partial charge in [0.05, 0.1) is 12.4 Å². The number of aromatic nitrogens is 3. The summed E-state index contributed by atoms with van der Waals surface area (Å²) < 4.78 is 21.0. The first-order chi connectivity index (χ1) is 14.5. The molecule has 0 radical (unpaired) electrons. The van der Waals surface area contributed by atoms with Gasteiger partial charge < -0.3 is 15.4 Å². The van der Waals surface area contributed by atoms with E-state index in [0.29, 0.717) is 28.7 Å². The van der Waals surface area contributed by atoms with Gasteiger partial charge in [0.2, 0.25) is 11.8 Å². The van der Waals surface area contributed by atoms with Gasteiger partial charge in [0, 0.05) is 17.4 Å². The number of hydrogen-bond donors (Lipinski definition) is 2. The largest absolute Gasteiger partial charge is 0.439 e. The maximum Gasteiger partial charge on any atom is 0.239 e. The number of aryl methyl sites for hydroxylation is 1. The van der Waals surface area contributed by atoms with Crippen LogP contribution in [0.4, 0.5) is 21.6 Å². The van der Waals surface area contributed by atoms with Crippen molar-refractivity contribution in [1.29, 1.82) is 0 Å². The summed E-state index contributed by atoms with van der Waals surface area (Å²) in [5.41, 5.74) is 2.75. The van der Waals surface area contributed by atoms with E-state index >= 15 is 0 Å². The minimum absolute atomic E-state index is 0.132. The van der Waals surface area contributed by atoms with Gasteiger partial charge in [-0.05, 0) is 42.8 Å². The van der Waals surface area contributed by atoms with Crippen LogP contribution in [0.3, 0.4) is 0 Å². The van der Waals surface area contributed by atoms with Gasteiger partial charge in [0.1, 0.15) is 29.3 Å². The summed E-state index contributed by atoms with van der Waals surface area (Å²) in [5.74, 6) is 0.761. The predicted molar refractivity (Wildman–Crippen MR) is 113 cm³/mol. The Labute approximate surface area is 176 Å². The van der Waals surface area contributed by atoms with Crippen LogP contribution in [0.1, 0.15) is 5.56 Å². The Morgan fingerprint density at radius 2 is 2.10 bits per heavy atom. The Hall–Kier alpha value is -3.65. The molecule has 0 spiro atoms. The second-order valence-corrected chi connectivity index (χ2v) is 6.76. The van der Waals surface area contributed by atoms with Gasteiger partial charge in [-0.15, -0.1) is 11.6 Å². The van der Waals surface area contributed by atoms with E-state index < -0.39 is 0 Å². The number of carbonyl (C=O) groups excluding carboxylic acids is 1. The van der Waals surface area contributed by atoms with Crippen molar-refractivity contribution < 1.29 is 13.9 Å². The van der Waals surface area contributed by atoms with Gasteiger partial charge in [-0.3, -0.25) is 9.20 Å². The number of hydrogen-bond acceptors (Lipinski definition) is 5. The van der Waals surface area contributed by atoms with E-state index in [4.69, 9.17) is 16.3 Å². The van der Waals surface area contributed by atoms with Crippen LogP contribution in [0.2, 0.25) is 0 Å². The molecule has 0 atom stereocenters. The third kappa shape index (κ3) is 4.18. The molecule has 0 saturated heterocycles. The molecule has 0 aliphatic carbocycles. The standard InChI is InChI=1S/C21H17ClFN5O2/c1-13-7-14(23)5-6-17(13)27-21-18-10-24-12-28(18)20(11-25-21)30-16-4-2-3-15(8-16)26-19(29)9-22/h2-8,10-12H,9H2,1H3,(H,25,27)(H,26,29). The number of benzene rings is 2. The van der Waals surface area contributed by atoms with Crippen molar-refractivity contribution in [3.63, 3.8) is 0 Å². The fourth-order valence-corrected chi connectivity index (χ4v) is 2.98. The van der Waals surface area contributed by atoms with Crippen LogP contribution in [0.25, 0.3) is 5.52 Å². The predicted octanol–water partition coefficient (Wildman–Crippen LogP) is 4.89. The van der Waals surface area contributed by atoms with Crippen molar-refractivity contribution in [1.82, 2.24) is 14.4 Å². The fraction of sp³-hybridized carbons (Fsp3) is 0.0952. The molecular weight excluding hydrogens is 409 g/mol. The summed E-state index contributed by atoms with van der Waals surface area (Å²) in [6.45, 7) is 1.81. The second-order valence-electron chi connectivity index (χ2n) is 6.49. The molecule has 0 saturated carbocycles. The zero-order chi connectivity index (χ0) is 21.1. The first-order valence-electron chi connectivity index (χ1n) is 9.01. The summed E-state index contributed by atoms with van der Waals surface area (Å²) in [4.78, 5) is 20.1. The number of nitrogens with zero attached hydrogens (tertiary/aromatic N) is 3. The SMILES string of the molecule is Cc1cc(F)ccc1Nc1ncc(Oc2cccc(NC(=O)CCl)c2)n2cncc12. The molecule has 9 heteroatoms. The van der Waals surface area contributed by atoms with Crippen LogP contribution in [-0.2, 0) is 4.79 Å². The van der Waals surface area contributed by atoms with Gasteiger partial charge in [0.25, 0.3) is 0 Å². The van der Waals surface area contributed by atoms with Gasteiger partial charge in [-0.2, -0.15) is 0 Å². The number of amides is 1. The second kappa shape index (κ2) is 8.38. The highest BCUT2D eigenvalue weighted by atomic mass is 35.5. The van der Waals surface area contributed by atoms with Crippen molar-refractivity contribution in [3.05, 3.63) is 72.6 Å². The molecule has 0 fully saturated rings. The summed E-state index contributed by atoms with van der Waals surface area (Å²) in [6, 6.07) is 11.4. The number of fused-ring (bicyclic) bond motifs is 1. The summed E-state index contributed by atoms with van der Waals surface area (Å²) in [6.07, 6.45) is 4.81. The molecule has 30 heavy (non-hydrogen) atoms. The molecular formula is C21H17ClFN5O2. The van der Waals surface area contributed by atoms with E-state index in [0.717, 1.165) is 11.3 Å². The quantitative estimate of drug-likeness (QED) is 0.430. The summed E-state index contributed by atoms with van der Waals surface area (Å²) >= 11 is 5.53. The van der Waals surface area contributed by atoms with Crippen molar-refractivity contribution in [2.75, 3.05) is 16.5 Å². The van der Waals surface area contributed by atoms with E-state index in [9.17, 15) is 9.18 Å². The van der Waals surface area contributed by atoms with Crippen LogP contribution in [0, 0.1) is 12.7 Å². The summed E-state index contributed by atoms with van der Waals surface area (Å²) in [5, 5.41) is 5.88. The monoisotopic (exact) mass is 425 g/mol. The van der Waals surface area contributed by atoms with Gasteiger partial charge >= 0.3 is 0 Å². The average Bonchev–Trinajstić information content (AvgIpc) is 3.22. The van der Waals surface area contributed by atoms with Crippen molar-refractivity contribution in [3.8, 4) is 11.6 Å². The van der Waals surface area contributed by atoms with Crippen molar-refractivity contribution in [2.45, 2.75) is 6.92 Å². The first kappa shape index (κ1) is 19.7. The Balaban J connectivity index is 1.61. The minimum atomic E-state index is -0.306. The van der Waals surface area contributed by atoms with Crippen LogP contribution in [-0.4, -0.2) is 26.2 Å². The van der Waals surface area contributed by atoms with Crippen LogP contribution < -0.4 is 15.4 Å². The molecule has 2 aromatic heterocycles. The molecule has 4 rings (SSSR count). The first-order valence-corrected chi connectivity index (χ1v) is 9.55. The lowest BCUT2D eigenvalue weighted by molar-refractivity contribution is -0.113. The number of rotatable bonds is 6. The van der Waals surface area contributed by atoms with Crippen molar-refractivity contribution in [2.24, 2.45) is 0 Å². The third-order valence-corrected chi connectivity index (χ3v) is 4.57. The van der Waals surface area contributed by atoms with Crippen LogP contribution >= 0.6 is 11.6 Å². The minimum Gasteiger partial charge on any atom is -0.439 e. The van der Waals surface area contributed by atoms with Crippen LogP contribution in [0.15, 0.2) is 61.2 Å². The van der Waals surface area contributed by atoms with Gasteiger partial charge in [-0.25, -0.2) is 14.4 Å². The molecule has 4 aromatic rings. The molecule has 0 unspecified atom stereocenters. The Bertz CT molecular complexity index is 1230. The molecule has 0 bridgehead atoms. The van der Waals surface area contributed by atoms with Crippen molar-refractivity contribution >= 4 is 40.2 Å². The number of nitrogens with one attached hydrogen (secondary N) is 2. The number of anilines is 3. The molecule has 2 heterocycles. The maximum atomic E-state index is 13.4. The van der Waals surface area contributed by atoms with Gasteiger partial charge in [0.15, 0.2) is 5.82 Å². The highest BCUT2D eigenvalue weighted by Gasteiger charge is 2.12. The third-order valence-electron chi connectivity index (χ3n) is 4.33. The highest BCUT2D eigenvalue weighted by Crippen LogP contribution is 2.29. The highest BCUT2D eigenvalue weighted by molar-refractivity contribution is 6.29. The topological polar surface area (TPSA) is 80.6 Å². The molecule has 2 N–H and O–H groups in total. The van der Waals surface area contributed by atoms with Crippen LogP contribution in [0.5, 0.6) is 11.6 Å². The molecule has 152 valence electrons. The average molecular weight is 426 g/mol. The Morgan fingerprint density at radius 3 is 2.90 bits per heavy atom. The lowest BCUT2D eigenvalue weighted by atomic mass is 10.2. The number of halogens is 2. The molecule has 7 nitrogen and oxygen atoms in total. The van der Waals surface area contributed by atoms with E-state index in [1.54, 1.807) is 53.5 Å². The maximum absolute atomic E-state index is 13.4. The lowest BCUT2D eigenvalue weighted by Gasteiger charge is -2.13. The Morgan fingerprint density at radius 1 is 1.23 bits per heavy atom. The molecule has 2 aromatic carbocycles. The molecule has 0 aliphatic heterocycles. The molecule has 0 aliphatic rings. The van der Waals surface area contributed by atoms with E-state index in [1.807, 2.05) is 6.92 Å². The van der Waals surface area contributed by atoms with E-state index in [2.05, 4.69) is 20.6 Å². The van der Waals surface area contributed by atoms with E-state index in [-0.39, 0.29) is 17.6 Å². The number of ether oxygens (including phenoxy) is 1. The van der Waals surface area contributed by atoms with Gasteiger partial charge in [-0.1, -0.05) is 6.07 Å². The normalized spacial score (nSPS) is 10.8. The fourth-order valence-electron chi connectivity index (χ4n) is 2.91. The summed E-state index contributed by atoms with van der Waals surface area (Å²) in [7, 11) is 0. The Kier molecular flexibility index (Phi) is 5.49. The zero-order valence-corrected chi connectivity index (χ0v) is 16.7. The lowest BCUT2D eigenvalue weighted by Crippen LogP contribution is -2.12. The smallest absolute Gasteiger partial charge is 0.239 e.